The molecule has 0 saturated heterocycles. The van der Waals surface area contributed by atoms with Crippen molar-refractivity contribution in [2.75, 3.05) is 27.4 Å². The lowest BCUT2D eigenvalue weighted by molar-refractivity contribution is 0.0827. The summed E-state index contributed by atoms with van der Waals surface area (Å²) in [5, 5.41) is 0. The number of ether oxygens (including phenoxy) is 1. The van der Waals surface area contributed by atoms with E-state index in [4.69, 9.17) is 4.74 Å². The Bertz CT molecular complexity index is 278. The summed E-state index contributed by atoms with van der Waals surface area (Å²) in [7, 11) is 3.64. The zero-order valence-electron chi connectivity index (χ0n) is 8.66. The minimum Gasteiger partial charge on any atom is -0.369 e. The van der Waals surface area contributed by atoms with Crippen molar-refractivity contribution in [2.24, 2.45) is 0 Å². The lowest BCUT2D eigenvalue weighted by atomic mass is 10.1. The summed E-state index contributed by atoms with van der Waals surface area (Å²) >= 11 is 0. The van der Waals surface area contributed by atoms with Gasteiger partial charge in [-0.05, 0) is 31.2 Å². The topological polar surface area (TPSA) is 12.5 Å². The molecule has 0 aromatic heterocycles. The van der Waals surface area contributed by atoms with Gasteiger partial charge in [0.05, 0.1) is 6.73 Å². The maximum atomic E-state index is 12.8. The van der Waals surface area contributed by atoms with Crippen LogP contribution in [-0.4, -0.2) is 32.3 Å². The van der Waals surface area contributed by atoms with E-state index in [1.54, 1.807) is 19.2 Å². The highest BCUT2D eigenvalue weighted by atomic mass is 19.1. The van der Waals surface area contributed by atoms with Gasteiger partial charge in [-0.15, -0.1) is 0 Å². The van der Waals surface area contributed by atoms with E-state index < -0.39 is 0 Å². The fraction of sp³-hybridized carbons (Fsp3) is 0.455. The molecule has 0 N–H and O–H groups in total. The summed E-state index contributed by atoms with van der Waals surface area (Å²) in [4.78, 5) is 2.05. The summed E-state index contributed by atoms with van der Waals surface area (Å²) in [6, 6.07) is 6.70. The summed E-state index contributed by atoms with van der Waals surface area (Å²) in [5.41, 5.74) is 1.02. The smallest absolute Gasteiger partial charge is 0.123 e. The summed E-state index contributed by atoms with van der Waals surface area (Å²) in [6.07, 6.45) is 0.845. The van der Waals surface area contributed by atoms with Gasteiger partial charge in [0.1, 0.15) is 5.82 Å². The van der Waals surface area contributed by atoms with E-state index in [0.717, 1.165) is 18.5 Å². The van der Waals surface area contributed by atoms with Gasteiger partial charge in [0.25, 0.3) is 0 Å². The molecule has 0 heterocycles. The van der Waals surface area contributed by atoms with E-state index >= 15 is 0 Å². The third-order valence-electron chi connectivity index (χ3n) is 2.02. The number of halogens is 1. The molecule has 0 amide bonds. The standard InChI is InChI=1S/C11H16FNO/c1-13(9-14-2)7-6-10-4-3-5-11(12)8-10/h3-5,8H,6-7,9H2,1-2H3. The van der Waals surface area contributed by atoms with E-state index in [9.17, 15) is 4.39 Å². The van der Waals surface area contributed by atoms with Gasteiger partial charge in [0, 0.05) is 13.7 Å². The van der Waals surface area contributed by atoms with Crippen LogP contribution in [0.4, 0.5) is 4.39 Å². The van der Waals surface area contributed by atoms with Crippen molar-refractivity contribution < 1.29 is 9.13 Å². The Morgan fingerprint density at radius 2 is 2.21 bits per heavy atom. The lowest BCUT2D eigenvalue weighted by Crippen LogP contribution is -2.23. The molecule has 1 aromatic carbocycles. The minimum absolute atomic E-state index is 0.170. The van der Waals surface area contributed by atoms with Gasteiger partial charge < -0.3 is 4.74 Å². The van der Waals surface area contributed by atoms with Gasteiger partial charge in [-0.3, -0.25) is 4.90 Å². The van der Waals surface area contributed by atoms with Crippen LogP contribution in [0.15, 0.2) is 24.3 Å². The molecule has 0 radical (unpaired) electrons. The molecule has 0 aliphatic carbocycles. The first kappa shape index (κ1) is 11.1. The fourth-order valence-corrected chi connectivity index (χ4v) is 1.30. The van der Waals surface area contributed by atoms with Crippen LogP contribution in [0.3, 0.4) is 0 Å². The molecule has 1 rings (SSSR count). The second-order valence-electron chi connectivity index (χ2n) is 3.38. The van der Waals surface area contributed by atoms with E-state index in [-0.39, 0.29) is 5.82 Å². The maximum Gasteiger partial charge on any atom is 0.123 e. The molecule has 0 spiro atoms. The number of nitrogens with zero attached hydrogens (tertiary/aromatic N) is 1. The number of methoxy groups -OCH3 is 1. The van der Waals surface area contributed by atoms with Crippen LogP contribution in [0.25, 0.3) is 0 Å². The van der Waals surface area contributed by atoms with Crippen LogP contribution < -0.4 is 0 Å². The van der Waals surface area contributed by atoms with Crippen molar-refractivity contribution in [2.45, 2.75) is 6.42 Å². The Morgan fingerprint density at radius 1 is 1.43 bits per heavy atom. The van der Waals surface area contributed by atoms with Crippen molar-refractivity contribution in [3.8, 4) is 0 Å². The van der Waals surface area contributed by atoms with Crippen LogP contribution >= 0.6 is 0 Å². The highest BCUT2D eigenvalue weighted by molar-refractivity contribution is 5.16. The third-order valence-corrected chi connectivity index (χ3v) is 2.02. The van der Waals surface area contributed by atoms with Gasteiger partial charge in [-0.1, -0.05) is 12.1 Å². The zero-order chi connectivity index (χ0) is 10.4. The second kappa shape index (κ2) is 5.73. The van der Waals surface area contributed by atoms with E-state index in [1.165, 1.54) is 6.07 Å². The normalized spacial score (nSPS) is 10.9. The van der Waals surface area contributed by atoms with Gasteiger partial charge >= 0.3 is 0 Å². The van der Waals surface area contributed by atoms with E-state index in [1.807, 2.05) is 18.0 Å². The quantitative estimate of drug-likeness (QED) is 0.668. The lowest BCUT2D eigenvalue weighted by Gasteiger charge is -2.14. The molecule has 2 nitrogen and oxygen atoms in total. The monoisotopic (exact) mass is 197 g/mol. The Labute approximate surface area is 84.3 Å². The largest absolute Gasteiger partial charge is 0.369 e. The molecule has 0 bridgehead atoms. The van der Waals surface area contributed by atoms with E-state index in [2.05, 4.69) is 0 Å². The number of rotatable bonds is 5. The molecule has 0 unspecified atom stereocenters. The summed E-state index contributed by atoms with van der Waals surface area (Å²) in [5.74, 6) is -0.170. The molecule has 1 aromatic rings. The van der Waals surface area contributed by atoms with Gasteiger partial charge in [-0.25, -0.2) is 4.39 Å². The highest BCUT2D eigenvalue weighted by Crippen LogP contribution is 2.04. The molecule has 0 saturated carbocycles. The molecular formula is C11H16FNO. The van der Waals surface area contributed by atoms with Crippen molar-refractivity contribution >= 4 is 0 Å². The molecule has 0 aliphatic heterocycles. The summed E-state index contributed by atoms with van der Waals surface area (Å²) < 4.78 is 17.8. The van der Waals surface area contributed by atoms with Crippen LogP contribution in [0.5, 0.6) is 0 Å². The molecule has 0 fully saturated rings. The molecule has 78 valence electrons. The van der Waals surface area contributed by atoms with Crippen LogP contribution in [0.2, 0.25) is 0 Å². The van der Waals surface area contributed by atoms with Gasteiger partial charge in [-0.2, -0.15) is 0 Å². The molecule has 14 heavy (non-hydrogen) atoms. The first-order chi connectivity index (χ1) is 6.72. The predicted molar refractivity (Wildman–Crippen MR) is 54.6 cm³/mol. The first-order valence-corrected chi connectivity index (χ1v) is 4.64. The molecular weight excluding hydrogens is 181 g/mol. The molecule has 3 heteroatoms. The molecule has 0 atom stereocenters. The van der Waals surface area contributed by atoms with Crippen LogP contribution in [0, 0.1) is 5.82 Å². The van der Waals surface area contributed by atoms with E-state index in [0.29, 0.717) is 6.73 Å². The predicted octanol–water partition coefficient (Wildman–Crippen LogP) is 1.90. The fourth-order valence-electron chi connectivity index (χ4n) is 1.30. The van der Waals surface area contributed by atoms with Crippen molar-refractivity contribution in [3.05, 3.63) is 35.6 Å². The van der Waals surface area contributed by atoms with Crippen LogP contribution in [0.1, 0.15) is 5.56 Å². The zero-order valence-corrected chi connectivity index (χ0v) is 8.66. The summed E-state index contributed by atoms with van der Waals surface area (Å²) in [6.45, 7) is 1.48. The van der Waals surface area contributed by atoms with Gasteiger partial charge in [0.2, 0.25) is 0 Å². The minimum atomic E-state index is -0.170. The molecule has 0 aliphatic rings. The average Bonchev–Trinajstić information content (AvgIpc) is 2.15. The Morgan fingerprint density at radius 3 is 2.86 bits per heavy atom. The van der Waals surface area contributed by atoms with Crippen molar-refractivity contribution in [3.63, 3.8) is 0 Å². The number of hydrogen-bond donors (Lipinski definition) is 0. The average molecular weight is 197 g/mol. The Hall–Kier alpha value is -0.930. The SMILES string of the molecule is COCN(C)CCc1cccc(F)c1. The van der Waals surface area contributed by atoms with Gasteiger partial charge in [0.15, 0.2) is 0 Å². The highest BCUT2D eigenvalue weighted by Gasteiger charge is 1.99. The number of benzene rings is 1. The first-order valence-electron chi connectivity index (χ1n) is 4.64. The maximum absolute atomic E-state index is 12.8. The van der Waals surface area contributed by atoms with Crippen molar-refractivity contribution in [1.82, 2.24) is 4.90 Å². The Balaban J connectivity index is 2.37. The Kier molecular flexibility index (Phi) is 4.56. The second-order valence-corrected chi connectivity index (χ2v) is 3.38. The van der Waals surface area contributed by atoms with Crippen molar-refractivity contribution in [1.29, 1.82) is 0 Å². The number of hydrogen-bond acceptors (Lipinski definition) is 2. The third kappa shape index (κ3) is 3.85. The van der Waals surface area contributed by atoms with Crippen LogP contribution in [-0.2, 0) is 11.2 Å². The number of likely N-dealkylation sites (N-methyl/N-ethyl adjacent to an activating group) is 1.